The van der Waals surface area contributed by atoms with Gasteiger partial charge in [0.15, 0.2) is 0 Å². The lowest BCUT2D eigenvalue weighted by molar-refractivity contribution is 0.107. The number of carbonyl (C=O) groups excluding carboxylic acids is 2. The summed E-state index contributed by atoms with van der Waals surface area (Å²) in [6.07, 6.45) is 0. The predicted molar refractivity (Wildman–Crippen MR) is 136 cm³/mol. The van der Waals surface area contributed by atoms with Crippen LogP contribution in [0.3, 0.4) is 0 Å². The standard InChI is InChI=1S/C14H10O20S8/c15-13(11-7(39(23,24)25)1-5(37(17,18)19)2-8(11)40(26,27)28)35-36-14(16)12-9(41(29,30)31)3-6(38(20,21)22)4-10(12)42(32,33)34/h1-4H,(H,17,18,19)(H,20,21,22)(H,23,24,25)(H,26,27,28)(H,29,30,31)(H,32,33,34). The molecule has 20 nitrogen and oxygen atoms in total. The van der Waals surface area contributed by atoms with Gasteiger partial charge in [0.2, 0.25) is 10.2 Å². The first kappa shape index (κ1) is 36.1. The van der Waals surface area contributed by atoms with Gasteiger partial charge in [0, 0.05) is 0 Å². The van der Waals surface area contributed by atoms with E-state index in [0.29, 0.717) is 0 Å². The van der Waals surface area contributed by atoms with Gasteiger partial charge in [0.05, 0.1) is 20.9 Å². The molecule has 0 aliphatic carbocycles. The molecule has 0 saturated heterocycles. The fraction of sp³-hybridized carbons (Fsp3) is 0. The number of benzene rings is 2. The van der Waals surface area contributed by atoms with Crippen LogP contribution in [0.25, 0.3) is 0 Å². The Balaban J connectivity index is 2.84. The van der Waals surface area contributed by atoms with Crippen LogP contribution in [-0.2, 0) is 60.7 Å². The molecule has 2 aromatic carbocycles. The molecule has 0 unspecified atom stereocenters. The summed E-state index contributed by atoms with van der Waals surface area (Å²) in [5.41, 5.74) is -3.49. The van der Waals surface area contributed by atoms with E-state index in [-0.39, 0.29) is 24.3 Å². The van der Waals surface area contributed by atoms with Crippen LogP contribution in [0.2, 0.25) is 0 Å². The Kier molecular flexibility index (Phi) is 9.86. The molecule has 2 rings (SSSR count). The van der Waals surface area contributed by atoms with Gasteiger partial charge in [-0.1, -0.05) is 0 Å². The van der Waals surface area contributed by atoms with Gasteiger partial charge in [-0.2, -0.15) is 50.5 Å². The first-order valence-corrected chi connectivity index (χ1v) is 19.9. The third-order valence-electron chi connectivity index (χ3n) is 4.39. The van der Waals surface area contributed by atoms with Crippen molar-refractivity contribution in [3.63, 3.8) is 0 Å². The minimum Gasteiger partial charge on any atom is -0.282 e. The molecule has 0 radical (unpaired) electrons. The molecule has 42 heavy (non-hydrogen) atoms. The van der Waals surface area contributed by atoms with Crippen molar-refractivity contribution in [3.05, 3.63) is 35.4 Å². The maximum Gasteiger partial charge on any atom is 0.295 e. The van der Waals surface area contributed by atoms with Crippen molar-refractivity contribution in [3.8, 4) is 0 Å². The normalized spacial score (nSPS) is 13.6. The lowest BCUT2D eigenvalue weighted by Gasteiger charge is -2.13. The molecule has 0 fully saturated rings. The van der Waals surface area contributed by atoms with Crippen LogP contribution in [-0.4, -0.2) is 88.1 Å². The zero-order chi connectivity index (χ0) is 33.0. The van der Waals surface area contributed by atoms with Crippen molar-refractivity contribution in [2.75, 3.05) is 0 Å². The Morgan fingerprint density at radius 2 is 0.595 bits per heavy atom. The molecule has 28 heteroatoms. The summed E-state index contributed by atoms with van der Waals surface area (Å²) in [5, 5.41) is -3.93. The van der Waals surface area contributed by atoms with E-state index in [1.807, 2.05) is 0 Å². The monoisotopic (exact) mass is 754 g/mol. The van der Waals surface area contributed by atoms with E-state index in [0.717, 1.165) is 0 Å². The van der Waals surface area contributed by atoms with E-state index in [2.05, 4.69) is 0 Å². The molecular weight excluding hydrogens is 745 g/mol. The van der Waals surface area contributed by atoms with Gasteiger partial charge in [0.25, 0.3) is 60.7 Å². The molecule has 0 aliphatic heterocycles. The second-order valence-electron chi connectivity index (χ2n) is 7.18. The fourth-order valence-electron chi connectivity index (χ4n) is 2.80. The largest absolute Gasteiger partial charge is 0.295 e. The average Bonchev–Trinajstić information content (AvgIpc) is 2.77. The molecule has 0 amide bonds. The van der Waals surface area contributed by atoms with Crippen molar-refractivity contribution in [1.82, 2.24) is 0 Å². The van der Waals surface area contributed by atoms with Crippen molar-refractivity contribution in [1.29, 1.82) is 0 Å². The van der Waals surface area contributed by atoms with Gasteiger partial charge in [-0.3, -0.25) is 36.9 Å². The number of rotatable bonds is 8. The third-order valence-corrected chi connectivity index (χ3v) is 11.5. The molecule has 0 heterocycles. The van der Waals surface area contributed by atoms with E-state index in [1.165, 1.54) is 0 Å². The van der Waals surface area contributed by atoms with E-state index in [9.17, 15) is 78.3 Å². The highest BCUT2D eigenvalue weighted by Crippen LogP contribution is 2.39. The number of hydrogen-bond acceptors (Lipinski definition) is 16. The summed E-state index contributed by atoms with van der Waals surface area (Å²) in [5.74, 6) is 0. The molecule has 0 aromatic heterocycles. The van der Waals surface area contributed by atoms with Crippen LogP contribution in [0, 0.1) is 0 Å². The molecule has 0 saturated carbocycles. The average molecular weight is 755 g/mol. The van der Waals surface area contributed by atoms with E-state index >= 15 is 0 Å². The van der Waals surface area contributed by atoms with E-state index in [4.69, 9.17) is 9.11 Å². The minimum absolute atomic E-state index is 0.138. The smallest absolute Gasteiger partial charge is 0.282 e. The molecule has 0 atom stereocenters. The molecule has 6 N–H and O–H groups in total. The first-order chi connectivity index (χ1) is 18.5. The maximum absolute atomic E-state index is 12.8. The highest BCUT2D eigenvalue weighted by atomic mass is 33.1. The fourth-order valence-corrected chi connectivity index (χ4v) is 9.22. The number of hydrogen-bond donors (Lipinski definition) is 6. The summed E-state index contributed by atoms with van der Waals surface area (Å²) in [4.78, 5) is 15.0. The second kappa shape index (κ2) is 11.5. The summed E-state index contributed by atoms with van der Waals surface area (Å²) >= 11 is 0. The summed E-state index contributed by atoms with van der Waals surface area (Å²) in [6.45, 7) is 0. The molecular formula is C14H10O20S8. The maximum atomic E-state index is 12.8. The van der Waals surface area contributed by atoms with Crippen molar-refractivity contribution in [2.24, 2.45) is 0 Å². The van der Waals surface area contributed by atoms with Crippen LogP contribution in [0.4, 0.5) is 0 Å². The van der Waals surface area contributed by atoms with Gasteiger partial charge in [-0.15, -0.1) is 0 Å². The minimum atomic E-state index is -5.79. The van der Waals surface area contributed by atoms with Gasteiger partial charge in [-0.25, -0.2) is 0 Å². The first-order valence-electron chi connectivity index (χ1n) is 9.11. The lowest BCUT2D eigenvalue weighted by Crippen LogP contribution is -2.16. The molecule has 0 spiro atoms. The summed E-state index contributed by atoms with van der Waals surface area (Å²) in [7, 11) is -35.3. The highest BCUT2D eigenvalue weighted by Gasteiger charge is 2.36. The quantitative estimate of drug-likeness (QED) is 0.146. The van der Waals surface area contributed by atoms with E-state index in [1.54, 1.807) is 0 Å². The van der Waals surface area contributed by atoms with E-state index < -0.39 is 133 Å². The Labute approximate surface area is 243 Å². The zero-order valence-electron chi connectivity index (χ0n) is 19.0. The molecule has 2 aromatic rings. The van der Waals surface area contributed by atoms with Crippen LogP contribution in [0.5, 0.6) is 0 Å². The Morgan fingerprint density at radius 1 is 0.405 bits per heavy atom. The lowest BCUT2D eigenvalue weighted by atomic mass is 10.2. The van der Waals surface area contributed by atoms with Crippen LogP contribution < -0.4 is 0 Å². The Bertz CT molecular complexity index is 1930. The SMILES string of the molecule is O=C(SSC(=O)c1c(S(=O)(=O)O)cc(S(=O)(=O)O)cc1S(=O)(=O)O)c1c(S(=O)(=O)O)cc(S(=O)(=O)O)cc1S(=O)(=O)O. The number of carbonyl (C=O) groups is 2. The molecule has 0 bridgehead atoms. The van der Waals surface area contributed by atoms with Crippen LogP contribution >= 0.6 is 21.6 Å². The molecule has 0 aliphatic rings. The van der Waals surface area contributed by atoms with Crippen LogP contribution in [0.15, 0.2) is 53.6 Å². The van der Waals surface area contributed by atoms with Crippen molar-refractivity contribution >= 4 is 92.5 Å². The topological polar surface area (TPSA) is 360 Å². The predicted octanol–water partition coefficient (Wildman–Crippen LogP) is -0.471. The Morgan fingerprint density at radius 3 is 0.738 bits per heavy atom. The third kappa shape index (κ3) is 8.31. The highest BCUT2D eigenvalue weighted by molar-refractivity contribution is 8.87. The summed E-state index contributed by atoms with van der Waals surface area (Å²) < 4.78 is 196. The van der Waals surface area contributed by atoms with Gasteiger partial charge in [0.1, 0.15) is 19.6 Å². The summed E-state index contributed by atoms with van der Waals surface area (Å²) in [6, 6.07) is -0.553. The Hall–Kier alpha value is -2.06. The van der Waals surface area contributed by atoms with Crippen molar-refractivity contribution in [2.45, 2.75) is 29.4 Å². The second-order valence-corrected chi connectivity index (χ2v) is 17.7. The van der Waals surface area contributed by atoms with Crippen molar-refractivity contribution < 1.29 is 87.4 Å². The van der Waals surface area contributed by atoms with Gasteiger partial charge in [-0.05, 0) is 45.9 Å². The van der Waals surface area contributed by atoms with Gasteiger partial charge >= 0.3 is 0 Å². The zero-order valence-corrected chi connectivity index (χ0v) is 25.5. The van der Waals surface area contributed by atoms with Crippen LogP contribution in [0.1, 0.15) is 20.7 Å². The molecule has 234 valence electrons. The van der Waals surface area contributed by atoms with Gasteiger partial charge < -0.3 is 0 Å².